The van der Waals surface area contributed by atoms with Crippen LogP contribution in [0.3, 0.4) is 0 Å². The van der Waals surface area contributed by atoms with Crippen molar-refractivity contribution in [1.82, 2.24) is 0 Å². The molecular weight excluding hydrogens is 800 g/mol. The first kappa shape index (κ1) is 31.9. The second-order valence-electron chi connectivity index (χ2n) is 13.1. The number of rotatable bonds is 2. The van der Waals surface area contributed by atoms with Crippen LogP contribution in [-0.4, -0.2) is 0 Å². The van der Waals surface area contributed by atoms with Gasteiger partial charge in [0, 0.05) is 49.3 Å². The summed E-state index contributed by atoms with van der Waals surface area (Å²) in [7, 11) is 0. The molecule has 0 nitrogen and oxygen atoms in total. The first-order valence-electron chi connectivity index (χ1n) is 17.2. The average molecular weight is 829 g/mol. The summed E-state index contributed by atoms with van der Waals surface area (Å²) in [6.07, 6.45) is 0. The van der Waals surface area contributed by atoms with Crippen LogP contribution in [0.5, 0.6) is 0 Å². The molecule has 0 atom stereocenters. The Morgan fingerprint density at radius 1 is 0.269 bits per heavy atom. The number of thiophene rings is 2. The van der Waals surface area contributed by atoms with Gasteiger partial charge < -0.3 is 0 Å². The molecule has 11 rings (SSSR count). The van der Waals surface area contributed by atoms with Gasteiger partial charge in [0.1, 0.15) is 0 Å². The van der Waals surface area contributed by atoms with Crippen LogP contribution in [0.2, 0.25) is 0 Å². The van der Waals surface area contributed by atoms with Crippen molar-refractivity contribution in [2.75, 3.05) is 0 Å². The van der Waals surface area contributed by atoms with E-state index in [9.17, 15) is 0 Å². The minimum atomic E-state index is 1.13. The van der Waals surface area contributed by atoms with Crippen molar-refractivity contribution in [2.45, 2.75) is 0 Å². The number of halogens is 2. The van der Waals surface area contributed by atoms with Crippen molar-refractivity contribution in [3.63, 3.8) is 0 Å². The summed E-state index contributed by atoms with van der Waals surface area (Å²) in [5.74, 6) is 0. The van der Waals surface area contributed by atoms with Gasteiger partial charge in [-0.25, -0.2) is 0 Å². The molecule has 0 amide bonds. The number of benzene rings is 9. The van der Waals surface area contributed by atoms with Crippen LogP contribution in [0, 0.1) is 0 Å². The van der Waals surface area contributed by atoms with Crippen LogP contribution in [0.15, 0.2) is 179 Å². The van der Waals surface area contributed by atoms with Crippen molar-refractivity contribution in [3.05, 3.63) is 179 Å². The molecule has 0 saturated heterocycles. The van der Waals surface area contributed by atoms with Gasteiger partial charge in [-0.2, -0.15) is 0 Å². The molecule has 0 unspecified atom stereocenters. The van der Waals surface area contributed by atoms with Crippen LogP contribution in [0.25, 0.3) is 94.9 Å². The fourth-order valence-corrected chi connectivity index (χ4v) is 11.0. The lowest BCUT2D eigenvalue weighted by molar-refractivity contribution is 1.60. The van der Waals surface area contributed by atoms with E-state index in [0.717, 1.165) is 8.95 Å². The summed E-state index contributed by atoms with van der Waals surface area (Å²) < 4.78 is 7.61. The molecule has 52 heavy (non-hydrogen) atoms. The van der Waals surface area contributed by atoms with Crippen molar-refractivity contribution in [2.24, 2.45) is 0 Å². The van der Waals surface area contributed by atoms with Gasteiger partial charge in [0.25, 0.3) is 0 Å². The Labute approximate surface area is 325 Å². The lowest BCUT2D eigenvalue weighted by Gasteiger charge is -2.10. The van der Waals surface area contributed by atoms with E-state index in [4.69, 9.17) is 0 Å². The molecule has 0 N–H and O–H groups in total. The molecule has 0 aliphatic heterocycles. The van der Waals surface area contributed by atoms with E-state index >= 15 is 0 Å². The highest BCUT2D eigenvalue weighted by atomic mass is 79.9. The highest BCUT2D eigenvalue weighted by molar-refractivity contribution is 9.10. The van der Waals surface area contributed by atoms with Crippen LogP contribution < -0.4 is 0 Å². The van der Waals surface area contributed by atoms with E-state index in [2.05, 4.69) is 202 Å². The van der Waals surface area contributed by atoms with E-state index in [1.165, 1.54) is 94.9 Å². The van der Waals surface area contributed by atoms with Gasteiger partial charge in [-0.05, 0) is 103 Å². The molecule has 246 valence electrons. The Bertz CT molecular complexity index is 3150. The first-order chi connectivity index (χ1) is 25.6. The zero-order valence-corrected chi connectivity index (χ0v) is 32.5. The predicted molar refractivity (Wildman–Crippen MR) is 237 cm³/mol. The normalized spacial score (nSPS) is 11.7. The van der Waals surface area contributed by atoms with Gasteiger partial charge in [-0.1, -0.05) is 153 Å². The molecule has 4 heteroatoms. The van der Waals surface area contributed by atoms with E-state index in [1.54, 1.807) is 0 Å². The molecule has 2 aromatic heterocycles. The Balaban J connectivity index is 0.000000130. The highest BCUT2D eigenvalue weighted by Crippen LogP contribution is 2.43. The molecule has 0 bridgehead atoms. The van der Waals surface area contributed by atoms with Crippen molar-refractivity contribution < 1.29 is 0 Å². The molecule has 0 aliphatic carbocycles. The second-order valence-corrected chi connectivity index (χ2v) is 17.1. The minimum Gasteiger partial charge on any atom is -0.135 e. The Kier molecular flexibility index (Phi) is 7.95. The monoisotopic (exact) mass is 826 g/mol. The van der Waals surface area contributed by atoms with Gasteiger partial charge in [0.2, 0.25) is 0 Å². The van der Waals surface area contributed by atoms with E-state index in [1.807, 2.05) is 22.7 Å². The first-order valence-corrected chi connectivity index (χ1v) is 20.4. The fraction of sp³-hybridized carbons (Fsp3) is 0. The summed E-state index contributed by atoms with van der Waals surface area (Å²) in [5.41, 5.74) is 5.06. The van der Waals surface area contributed by atoms with Crippen molar-refractivity contribution in [3.8, 4) is 22.3 Å². The highest BCUT2D eigenvalue weighted by Gasteiger charge is 2.13. The van der Waals surface area contributed by atoms with Crippen LogP contribution >= 0.6 is 54.5 Å². The van der Waals surface area contributed by atoms with Crippen LogP contribution in [-0.2, 0) is 0 Å². The minimum absolute atomic E-state index is 1.13. The topological polar surface area (TPSA) is 0 Å². The van der Waals surface area contributed by atoms with E-state index in [0.29, 0.717) is 0 Å². The molecule has 0 spiro atoms. The third-order valence-corrected chi connectivity index (χ3v) is 13.3. The third kappa shape index (κ3) is 5.45. The molecule has 0 fully saturated rings. The molecule has 0 radical (unpaired) electrons. The number of fused-ring (bicyclic) bond motifs is 12. The average Bonchev–Trinajstić information content (AvgIpc) is 3.74. The lowest BCUT2D eigenvalue weighted by atomic mass is 9.93. The molecule has 2 heterocycles. The van der Waals surface area contributed by atoms with Crippen molar-refractivity contribution in [1.29, 1.82) is 0 Å². The molecule has 0 aliphatic rings. The van der Waals surface area contributed by atoms with Gasteiger partial charge in [0.05, 0.1) is 0 Å². The van der Waals surface area contributed by atoms with E-state index < -0.39 is 0 Å². The maximum absolute atomic E-state index is 3.61. The zero-order chi connectivity index (χ0) is 34.8. The molecular formula is C48H28Br2S2. The predicted octanol–water partition coefficient (Wildman–Crippen LogP) is 16.4. The molecule has 0 saturated carbocycles. The van der Waals surface area contributed by atoms with Crippen LogP contribution in [0.1, 0.15) is 0 Å². The molecule has 9 aromatic carbocycles. The summed E-state index contributed by atoms with van der Waals surface area (Å²) in [5, 5.41) is 13.4. The Morgan fingerprint density at radius 2 is 0.731 bits per heavy atom. The molecule has 11 aromatic rings. The van der Waals surface area contributed by atoms with Crippen LogP contribution in [0.4, 0.5) is 0 Å². The summed E-state index contributed by atoms with van der Waals surface area (Å²) in [6, 6.07) is 61.5. The summed E-state index contributed by atoms with van der Waals surface area (Å²) in [6.45, 7) is 0. The number of hydrogen-bond donors (Lipinski definition) is 0. The third-order valence-electron chi connectivity index (χ3n) is 10.1. The van der Waals surface area contributed by atoms with Crippen molar-refractivity contribution >= 4 is 127 Å². The lowest BCUT2D eigenvalue weighted by Crippen LogP contribution is -1.84. The SMILES string of the molecule is Brc1ccc2c(c1)sc1cc3c4ccccc4c4ccccc4c3cc12.Brc1ccc2c(c1)sc1ccc(-c3ccccc3-c3ccccc3)cc12. The fourth-order valence-electron chi connectivity index (χ4n) is 7.67. The maximum Gasteiger partial charge on any atom is 0.0366 e. The summed E-state index contributed by atoms with van der Waals surface area (Å²) in [4.78, 5) is 0. The standard InChI is InChI=1S/C24H13BrS.C24H15BrS/c25-14-9-10-19-22-12-20-17-7-3-1-5-15(17)16-6-2-4-8-18(16)21(20)13-24(22)26-23(19)11-14;25-18-11-12-21-22-14-17(10-13-23(22)26-24(21)15-18)20-9-5-4-8-19(20)16-6-2-1-3-7-16/h1-13H;1-15H. The van der Waals surface area contributed by atoms with E-state index in [-0.39, 0.29) is 0 Å². The largest absolute Gasteiger partial charge is 0.135 e. The number of hydrogen-bond acceptors (Lipinski definition) is 2. The quantitative estimate of drug-likeness (QED) is 0.152. The van der Waals surface area contributed by atoms with Gasteiger partial charge >= 0.3 is 0 Å². The smallest absolute Gasteiger partial charge is 0.0366 e. The Morgan fingerprint density at radius 3 is 1.35 bits per heavy atom. The maximum atomic E-state index is 3.61. The zero-order valence-electron chi connectivity index (χ0n) is 27.7. The Hall–Kier alpha value is -4.84. The van der Waals surface area contributed by atoms with Gasteiger partial charge in [0.15, 0.2) is 0 Å². The van der Waals surface area contributed by atoms with Gasteiger partial charge in [-0.15, -0.1) is 22.7 Å². The second kappa shape index (κ2) is 13.0. The van der Waals surface area contributed by atoms with Gasteiger partial charge in [-0.3, -0.25) is 0 Å². The summed E-state index contributed by atoms with van der Waals surface area (Å²) >= 11 is 10.9.